The van der Waals surface area contributed by atoms with Crippen LogP contribution in [0.3, 0.4) is 0 Å². The quantitative estimate of drug-likeness (QED) is 0.465. The molecule has 0 spiro atoms. The molecular formula is C24H28N2O3S. The Bertz CT molecular complexity index is 930. The van der Waals surface area contributed by atoms with Crippen LogP contribution in [-0.2, 0) is 22.4 Å². The summed E-state index contributed by atoms with van der Waals surface area (Å²) in [4.78, 5) is 5.34. The maximum atomic E-state index is 6.52. The van der Waals surface area contributed by atoms with E-state index >= 15 is 0 Å². The van der Waals surface area contributed by atoms with Crippen LogP contribution < -0.4 is 4.74 Å². The molecule has 0 bridgehead atoms. The van der Waals surface area contributed by atoms with Crippen molar-refractivity contribution in [1.29, 1.82) is 0 Å². The highest BCUT2D eigenvalue weighted by Crippen LogP contribution is 2.33. The minimum absolute atomic E-state index is 0.0442. The summed E-state index contributed by atoms with van der Waals surface area (Å²) in [6.07, 6.45) is 7.32. The first-order valence-electron chi connectivity index (χ1n) is 10.2. The molecule has 0 radical (unpaired) electrons. The van der Waals surface area contributed by atoms with Crippen LogP contribution in [0.2, 0.25) is 0 Å². The third kappa shape index (κ3) is 5.45. The molecule has 0 aliphatic carbocycles. The van der Waals surface area contributed by atoms with Crippen molar-refractivity contribution in [3.8, 4) is 5.75 Å². The molecule has 158 valence electrons. The summed E-state index contributed by atoms with van der Waals surface area (Å²) in [6, 6.07) is 16.8. The number of hydrogen-bond acceptors (Lipinski definition) is 5. The normalized spacial score (nSPS) is 21.1. The third-order valence-electron chi connectivity index (χ3n) is 5.29. The summed E-state index contributed by atoms with van der Waals surface area (Å²) in [5, 5.41) is 0. The van der Waals surface area contributed by atoms with E-state index in [0.717, 1.165) is 24.3 Å². The summed E-state index contributed by atoms with van der Waals surface area (Å²) in [5.41, 5.74) is 2.57. The molecule has 1 aliphatic rings. The lowest BCUT2D eigenvalue weighted by atomic mass is 10.0. The van der Waals surface area contributed by atoms with E-state index in [-0.39, 0.29) is 6.10 Å². The Labute approximate surface area is 182 Å². The van der Waals surface area contributed by atoms with Crippen LogP contribution in [0.25, 0.3) is 0 Å². The van der Waals surface area contributed by atoms with Gasteiger partial charge in [0.05, 0.1) is 32.7 Å². The van der Waals surface area contributed by atoms with Crippen molar-refractivity contribution in [1.82, 2.24) is 9.55 Å². The smallest absolute Gasteiger partial charge is 0.187 e. The van der Waals surface area contributed by atoms with Crippen molar-refractivity contribution < 1.29 is 14.2 Å². The van der Waals surface area contributed by atoms with Crippen molar-refractivity contribution in [2.45, 2.75) is 43.1 Å². The summed E-state index contributed by atoms with van der Waals surface area (Å²) < 4.78 is 20.2. The van der Waals surface area contributed by atoms with Crippen LogP contribution in [0.1, 0.15) is 17.5 Å². The number of methoxy groups -OCH3 is 1. The van der Waals surface area contributed by atoms with Crippen LogP contribution in [0.5, 0.6) is 5.75 Å². The molecule has 1 saturated heterocycles. The Morgan fingerprint density at radius 3 is 2.87 bits per heavy atom. The van der Waals surface area contributed by atoms with Gasteiger partial charge in [-0.05, 0) is 37.1 Å². The zero-order valence-corrected chi connectivity index (χ0v) is 18.3. The lowest BCUT2D eigenvalue weighted by Gasteiger charge is -2.28. The predicted molar refractivity (Wildman–Crippen MR) is 119 cm³/mol. The Balaban J connectivity index is 1.40. The molecule has 1 aromatic heterocycles. The standard InChI is InChI=1S/C24H28N2O3S/c1-19-6-8-20(9-7-19)10-11-24(17-26-13-12-25-18-26)28-15-22(29-24)16-30-23-5-3-4-21(14-23)27-2/h3-9,12-14,18,22H,10-11,15-17H2,1-2H3. The van der Waals surface area contributed by atoms with Crippen molar-refractivity contribution in [2.24, 2.45) is 0 Å². The number of aryl methyl sites for hydroxylation is 2. The van der Waals surface area contributed by atoms with Crippen LogP contribution in [0.15, 0.2) is 72.1 Å². The van der Waals surface area contributed by atoms with Gasteiger partial charge in [0.15, 0.2) is 5.79 Å². The SMILES string of the molecule is COc1cccc(SCC2COC(CCc3ccc(C)cc3)(Cn3ccnc3)O2)c1. The average molecular weight is 425 g/mol. The van der Waals surface area contributed by atoms with E-state index in [0.29, 0.717) is 13.2 Å². The van der Waals surface area contributed by atoms with Crippen molar-refractivity contribution in [3.63, 3.8) is 0 Å². The third-order valence-corrected chi connectivity index (χ3v) is 6.41. The van der Waals surface area contributed by atoms with E-state index in [4.69, 9.17) is 14.2 Å². The van der Waals surface area contributed by atoms with E-state index in [1.165, 1.54) is 16.0 Å². The molecule has 6 heteroatoms. The minimum Gasteiger partial charge on any atom is -0.497 e. The molecule has 5 nitrogen and oxygen atoms in total. The maximum absolute atomic E-state index is 6.52. The second kappa shape index (κ2) is 9.69. The Morgan fingerprint density at radius 2 is 2.10 bits per heavy atom. The Kier molecular flexibility index (Phi) is 6.77. The number of ether oxygens (including phenoxy) is 3. The highest BCUT2D eigenvalue weighted by Gasteiger charge is 2.41. The van der Waals surface area contributed by atoms with Gasteiger partial charge in [-0.25, -0.2) is 4.98 Å². The van der Waals surface area contributed by atoms with E-state index in [1.807, 2.05) is 29.2 Å². The minimum atomic E-state index is -0.634. The topological polar surface area (TPSA) is 45.5 Å². The van der Waals surface area contributed by atoms with Gasteiger partial charge in [-0.15, -0.1) is 11.8 Å². The first kappa shape index (κ1) is 21.0. The number of rotatable bonds is 9. The van der Waals surface area contributed by atoms with Gasteiger partial charge in [-0.3, -0.25) is 0 Å². The van der Waals surface area contributed by atoms with Gasteiger partial charge in [0.1, 0.15) is 5.75 Å². The van der Waals surface area contributed by atoms with Gasteiger partial charge in [0.2, 0.25) is 0 Å². The van der Waals surface area contributed by atoms with Crippen LogP contribution in [-0.4, -0.2) is 40.9 Å². The highest BCUT2D eigenvalue weighted by atomic mass is 32.2. The molecule has 2 aromatic carbocycles. The summed E-state index contributed by atoms with van der Waals surface area (Å²) in [6.45, 7) is 3.34. The maximum Gasteiger partial charge on any atom is 0.187 e. The molecule has 2 unspecified atom stereocenters. The van der Waals surface area contributed by atoms with Crippen molar-refractivity contribution in [2.75, 3.05) is 19.5 Å². The molecule has 4 rings (SSSR count). The molecule has 0 N–H and O–H groups in total. The van der Waals surface area contributed by atoms with Gasteiger partial charge in [-0.2, -0.15) is 0 Å². The summed E-state index contributed by atoms with van der Waals surface area (Å²) >= 11 is 1.77. The van der Waals surface area contributed by atoms with Crippen molar-refractivity contribution >= 4 is 11.8 Å². The molecule has 2 atom stereocenters. The lowest BCUT2D eigenvalue weighted by molar-refractivity contribution is -0.180. The largest absolute Gasteiger partial charge is 0.497 e. The second-order valence-corrected chi connectivity index (χ2v) is 8.77. The van der Waals surface area contributed by atoms with Crippen LogP contribution in [0, 0.1) is 6.92 Å². The first-order chi connectivity index (χ1) is 14.6. The average Bonchev–Trinajstić information content (AvgIpc) is 3.43. The van der Waals surface area contributed by atoms with Gasteiger partial charge < -0.3 is 18.8 Å². The van der Waals surface area contributed by atoms with Gasteiger partial charge >= 0.3 is 0 Å². The number of imidazole rings is 1. The van der Waals surface area contributed by atoms with E-state index in [2.05, 4.69) is 48.3 Å². The highest BCUT2D eigenvalue weighted by molar-refractivity contribution is 7.99. The molecule has 2 heterocycles. The number of hydrogen-bond donors (Lipinski definition) is 0. The zero-order chi connectivity index (χ0) is 20.8. The molecule has 0 saturated carbocycles. The number of nitrogens with zero attached hydrogens (tertiary/aromatic N) is 2. The van der Waals surface area contributed by atoms with Gasteiger partial charge in [0.25, 0.3) is 0 Å². The molecule has 3 aromatic rings. The van der Waals surface area contributed by atoms with E-state index in [1.54, 1.807) is 25.1 Å². The van der Waals surface area contributed by atoms with E-state index in [9.17, 15) is 0 Å². The fraction of sp³-hybridized carbons (Fsp3) is 0.375. The van der Waals surface area contributed by atoms with Crippen LogP contribution in [0.4, 0.5) is 0 Å². The number of benzene rings is 2. The zero-order valence-electron chi connectivity index (χ0n) is 17.5. The molecule has 1 aliphatic heterocycles. The van der Waals surface area contributed by atoms with Crippen LogP contribution >= 0.6 is 11.8 Å². The summed E-state index contributed by atoms with van der Waals surface area (Å²) in [7, 11) is 1.69. The van der Waals surface area contributed by atoms with E-state index < -0.39 is 5.79 Å². The summed E-state index contributed by atoms with van der Waals surface area (Å²) in [5.74, 6) is 1.07. The fourth-order valence-corrected chi connectivity index (χ4v) is 4.54. The predicted octanol–water partition coefficient (Wildman–Crippen LogP) is 4.74. The number of thioether (sulfide) groups is 1. The Hall–Kier alpha value is -2.28. The first-order valence-corrected chi connectivity index (χ1v) is 11.2. The molecule has 1 fully saturated rings. The second-order valence-electron chi connectivity index (χ2n) is 7.67. The fourth-order valence-electron chi connectivity index (χ4n) is 3.62. The molecule has 0 amide bonds. The van der Waals surface area contributed by atoms with Crippen molar-refractivity contribution in [3.05, 3.63) is 78.4 Å². The number of aromatic nitrogens is 2. The molecular weight excluding hydrogens is 396 g/mol. The Morgan fingerprint density at radius 1 is 1.23 bits per heavy atom. The van der Waals surface area contributed by atoms with Gasteiger partial charge in [0, 0.05) is 29.5 Å². The molecule has 30 heavy (non-hydrogen) atoms. The lowest BCUT2D eigenvalue weighted by Crippen LogP contribution is -2.37. The monoisotopic (exact) mass is 424 g/mol. The van der Waals surface area contributed by atoms with Gasteiger partial charge in [-0.1, -0.05) is 35.9 Å².